The van der Waals surface area contributed by atoms with Crippen molar-refractivity contribution in [1.82, 2.24) is 0 Å². The van der Waals surface area contributed by atoms with E-state index in [1.54, 1.807) is 31.2 Å². The summed E-state index contributed by atoms with van der Waals surface area (Å²) in [6.07, 6.45) is -1.48. The van der Waals surface area contributed by atoms with Gasteiger partial charge in [-0.05, 0) is 42.3 Å². The van der Waals surface area contributed by atoms with Crippen molar-refractivity contribution in [2.75, 3.05) is 13.7 Å². The van der Waals surface area contributed by atoms with Crippen molar-refractivity contribution < 1.29 is 28.5 Å². The normalized spacial score (nSPS) is 10.8. The van der Waals surface area contributed by atoms with Crippen LogP contribution in [-0.4, -0.2) is 26.0 Å². The molecule has 0 saturated heterocycles. The minimum Gasteiger partial charge on any atom is -0.437 e. The number of ether oxygens (including phenoxy) is 4. The Hall–Kier alpha value is -3.02. The predicted octanol–water partition coefficient (Wildman–Crippen LogP) is 4.69. The van der Waals surface area contributed by atoms with Crippen LogP contribution in [0.15, 0.2) is 48.5 Å². The lowest BCUT2D eigenvalue weighted by Crippen LogP contribution is -2.19. The zero-order valence-corrected chi connectivity index (χ0v) is 15.3. The van der Waals surface area contributed by atoms with E-state index in [9.17, 15) is 9.59 Å². The lowest BCUT2D eigenvalue weighted by Gasteiger charge is -2.26. The van der Waals surface area contributed by atoms with Crippen LogP contribution in [0, 0.1) is 0 Å². The molecule has 0 atom stereocenters. The van der Waals surface area contributed by atoms with Gasteiger partial charge < -0.3 is 18.9 Å². The molecule has 0 saturated carbocycles. The van der Waals surface area contributed by atoms with Crippen LogP contribution in [0.5, 0.6) is 11.5 Å². The molecule has 138 valence electrons. The van der Waals surface area contributed by atoms with E-state index in [1.807, 2.05) is 24.3 Å². The SMILES string of the molecule is CCOC(=O)Oc1ccc(C(C)(C)c2ccc(OC(=O)OC)cc2)cc1. The van der Waals surface area contributed by atoms with Gasteiger partial charge in [0.1, 0.15) is 11.5 Å². The lowest BCUT2D eigenvalue weighted by atomic mass is 9.78. The first-order valence-electron chi connectivity index (χ1n) is 8.18. The number of methoxy groups -OCH3 is 1. The van der Waals surface area contributed by atoms with Gasteiger partial charge in [0.05, 0.1) is 13.7 Å². The van der Waals surface area contributed by atoms with Crippen LogP contribution in [-0.2, 0) is 14.9 Å². The minimum absolute atomic E-state index is 0.264. The smallest absolute Gasteiger partial charge is 0.437 e. The summed E-state index contributed by atoms with van der Waals surface area (Å²) in [5.74, 6) is 0.833. The van der Waals surface area contributed by atoms with Crippen LogP contribution in [0.2, 0.25) is 0 Å². The number of carbonyl (C=O) groups excluding carboxylic acids is 2. The Balaban J connectivity index is 2.13. The zero-order chi connectivity index (χ0) is 19.2. The van der Waals surface area contributed by atoms with E-state index in [4.69, 9.17) is 14.2 Å². The Kier molecular flexibility index (Phi) is 6.22. The fourth-order valence-corrected chi connectivity index (χ4v) is 2.43. The van der Waals surface area contributed by atoms with Crippen molar-refractivity contribution in [3.63, 3.8) is 0 Å². The molecule has 6 heteroatoms. The highest BCUT2D eigenvalue weighted by Crippen LogP contribution is 2.33. The Labute approximate surface area is 152 Å². The van der Waals surface area contributed by atoms with Gasteiger partial charge in [-0.2, -0.15) is 0 Å². The average molecular weight is 358 g/mol. The van der Waals surface area contributed by atoms with Crippen molar-refractivity contribution >= 4 is 12.3 Å². The summed E-state index contributed by atoms with van der Waals surface area (Å²) in [6, 6.07) is 14.5. The van der Waals surface area contributed by atoms with E-state index >= 15 is 0 Å². The topological polar surface area (TPSA) is 71.1 Å². The monoisotopic (exact) mass is 358 g/mol. The lowest BCUT2D eigenvalue weighted by molar-refractivity contribution is 0.104. The molecule has 2 aromatic carbocycles. The van der Waals surface area contributed by atoms with E-state index in [0.29, 0.717) is 11.5 Å². The van der Waals surface area contributed by atoms with E-state index in [2.05, 4.69) is 18.6 Å². The molecule has 0 unspecified atom stereocenters. The molecule has 26 heavy (non-hydrogen) atoms. The maximum atomic E-state index is 11.4. The minimum atomic E-state index is -0.755. The summed E-state index contributed by atoms with van der Waals surface area (Å²) in [5, 5.41) is 0. The van der Waals surface area contributed by atoms with Gasteiger partial charge in [-0.3, -0.25) is 0 Å². The Morgan fingerprint density at radius 1 is 0.808 bits per heavy atom. The quantitative estimate of drug-likeness (QED) is 0.570. The summed E-state index contributed by atoms with van der Waals surface area (Å²) in [7, 11) is 1.26. The molecule has 0 amide bonds. The number of rotatable bonds is 5. The number of carbonyl (C=O) groups is 2. The second-order valence-electron chi connectivity index (χ2n) is 6.02. The van der Waals surface area contributed by atoms with Gasteiger partial charge in [-0.15, -0.1) is 0 Å². The first-order valence-corrected chi connectivity index (χ1v) is 8.18. The molecule has 0 fully saturated rings. The third-order valence-electron chi connectivity index (χ3n) is 3.98. The molecule has 0 aliphatic heterocycles. The maximum Gasteiger partial charge on any atom is 0.513 e. The largest absolute Gasteiger partial charge is 0.513 e. The molecule has 6 nitrogen and oxygen atoms in total. The second-order valence-corrected chi connectivity index (χ2v) is 6.02. The fourth-order valence-electron chi connectivity index (χ4n) is 2.43. The van der Waals surface area contributed by atoms with Crippen molar-refractivity contribution in [2.24, 2.45) is 0 Å². The molecular formula is C20H22O6. The Bertz CT molecular complexity index is 747. The molecule has 0 N–H and O–H groups in total. The first kappa shape index (κ1) is 19.3. The molecule has 2 rings (SSSR count). The van der Waals surface area contributed by atoms with Crippen molar-refractivity contribution in [3.05, 3.63) is 59.7 Å². The predicted molar refractivity (Wildman–Crippen MR) is 95.7 cm³/mol. The van der Waals surface area contributed by atoms with Gasteiger partial charge in [0.25, 0.3) is 0 Å². The second kappa shape index (κ2) is 8.38. The standard InChI is InChI=1S/C20H22O6/c1-5-24-19(22)26-17-12-8-15(9-13-17)20(2,3)14-6-10-16(11-7-14)25-18(21)23-4/h6-13H,5H2,1-4H3. The maximum absolute atomic E-state index is 11.4. The summed E-state index contributed by atoms with van der Waals surface area (Å²) < 4.78 is 19.3. The molecule has 2 aromatic rings. The third kappa shape index (κ3) is 4.75. The van der Waals surface area contributed by atoms with Crippen LogP contribution in [0.4, 0.5) is 9.59 Å². The van der Waals surface area contributed by atoms with E-state index in [0.717, 1.165) is 11.1 Å². The highest BCUT2D eigenvalue weighted by molar-refractivity contribution is 5.64. The van der Waals surface area contributed by atoms with Gasteiger partial charge in [0, 0.05) is 5.41 Å². The van der Waals surface area contributed by atoms with Gasteiger partial charge in [-0.1, -0.05) is 38.1 Å². The fraction of sp³-hybridized carbons (Fsp3) is 0.300. The van der Waals surface area contributed by atoms with Crippen molar-refractivity contribution in [3.8, 4) is 11.5 Å². The molecule has 0 radical (unpaired) electrons. The van der Waals surface area contributed by atoms with Gasteiger partial charge in [0.15, 0.2) is 0 Å². The Morgan fingerprint density at radius 3 is 1.62 bits per heavy atom. The highest BCUT2D eigenvalue weighted by Gasteiger charge is 2.23. The van der Waals surface area contributed by atoms with E-state index in [1.165, 1.54) is 7.11 Å². The van der Waals surface area contributed by atoms with Crippen LogP contribution < -0.4 is 9.47 Å². The number of benzene rings is 2. The summed E-state index contributed by atoms with van der Waals surface area (Å²) in [6.45, 7) is 6.13. The molecule has 0 heterocycles. The molecule has 0 bridgehead atoms. The van der Waals surface area contributed by atoms with Crippen LogP contribution >= 0.6 is 0 Å². The highest BCUT2D eigenvalue weighted by atomic mass is 16.7. The third-order valence-corrected chi connectivity index (χ3v) is 3.98. The van der Waals surface area contributed by atoms with Crippen molar-refractivity contribution in [2.45, 2.75) is 26.2 Å². The molecule has 0 aliphatic rings. The van der Waals surface area contributed by atoms with Crippen molar-refractivity contribution in [1.29, 1.82) is 0 Å². The van der Waals surface area contributed by atoms with Crippen LogP contribution in [0.3, 0.4) is 0 Å². The average Bonchev–Trinajstić information content (AvgIpc) is 2.62. The molecule has 0 aromatic heterocycles. The van der Waals surface area contributed by atoms with E-state index in [-0.39, 0.29) is 12.0 Å². The van der Waals surface area contributed by atoms with Gasteiger partial charge >= 0.3 is 12.3 Å². The molecular weight excluding hydrogens is 336 g/mol. The van der Waals surface area contributed by atoms with Crippen LogP contribution in [0.1, 0.15) is 31.9 Å². The van der Waals surface area contributed by atoms with Gasteiger partial charge in [0.2, 0.25) is 0 Å². The molecule has 0 spiro atoms. The zero-order valence-electron chi connectivity index (χ0n) is 15.3. The number of hydrogen-bond acceptors (Lipinski definition) is 6. The summed E-state index contributed by atoms with van der Waals surface area (Å²) in [4.78, 5) is 22.5. The number of hydrogen-bond donors (Lipinski definition) is 0. The first-order chi connectivity index (χ1) is 12.4. The molecule has 0 aliphatic carbocycles. The summed E-state index contributed by atoms with van der Waals surface area (Å²) in [5.41, 5.74) is 1.77. The van der Waals surface area contributed by atoms with Gasteiger partial charge in [-0.25, -0.2) is 9.59 Å². The van der Waals surface area contributed by atoms with Crippen LogP contribution in [0.25, 0.3) is 0 Å². The Morgan fingerprint density at radius 2 is 1.23 bits per heavy atom. The summed E-state index contributed by atoms with van der Waals surface area (Å²) >= 11 is 0. The van der Waals surface area contributed by atoms with E-state index < -0.39 is 12.3 Å².